The number of hydrogen-bond donors (Lipinski definition) is 1. The monoisotopic (exact) mass is 338 g/mol. The van der Waals surface area contributed by atoms with Crippen LogP contribution in [0.4, 0.5) is 5.69 Å². The lowest BCUT2D eigenvalue weighted by atomic mass is 10.0. The molecular formula is C19H22N4O2. The second-order valence-electron chi connectivity index (χ2n) is 6.86. The van der Waals surface area contributed by atoms with Crippen LogP contribution in [0.1, 0.15) is 29.9 Å². The quantitative estimate of drug-likeness (QED) is 0.924. The number of amides is 2. The summed E-state index contributed by atoms with van der Waals surface area (Å²) >= 11 is 0. The molecule has 1 atom stereocenters. The molecule has 6 heteroatoms. The fourth-order valence-electron chi connectivity index (χ4n) is 3.79. The molecule has 0 saturated carbocycles. The van der Waals surface area contributed by atoms with E-state index in [2.05, 4.69) is 14.9 Å². The van der Waals surface area contributed by atoms with E-state index in [-0.39, 0.29) is 24.4 Å². The first-order valence-corrected chi connectivity index (χ1v) is 8.80. The van der Waals surface area contributed by atoms with E-state index in [4.69, 9.17) is 0 Å². The molecule has 0 saturated heterocycles. The van der Waals surface area contributed by atoms with Crippen molar-refractivity contribution in [2.45, 2.75) is 45.2 Å². The van der Waals surface area contributed by atoms with Gasteiger partial charge in [0, 0.05) is 37.3 Å². The number of rotatable bonds is 3. The van der Waals surface area contributed by atoms with Crippen molar-refractivity contribution in [3.05, 3.63) is 47.5 Å². The number of hydrogen-bond acceptors (Lipinski definition) is 3. The average Bonchev–Trinajstić information content (AvgIpc) is 2.97. The Morgan fingerprint density at radius 2 is 2.12 bits per heavy atom. The number of aryl methyl sites for hydroxylation is 3. The summed E-state index contributed by atoms with van der Waals surface area (Å²) < 4.78 is 2.12. The van der Waals surface area contributed by atoms with Crippen LogP contribution in [0.2, 0.25) is 0 Å². The lowest BCUT2D eigenvalue weighted by molar-refractivity contribution is -0.124. The maximum atomic E-state index is 12.5. The minimum Gasteiger partial charge on any atom is -0.350 e. The van der Waals surface area contributed by atoms with Crippen molar-refractivity contribution >= 4 is 17.5 Å². The molecule has 0 spiro atoms. The van der Waals surface area contributed by atoms with E-state index >= 15 is 0 Å². The molecule has 0 bridgehead atoms. The number of benzene rings is 1. The van der Waals surface area contributed by atoms with E-state index < -0.39 is 0 Å². The molecule has 0 radical (unpaired) electrons. The molecule has 2 aromatic rings. The van der Waals surface area contributed by atoms with Crippen LogP contribution in [-0.4, -0.2) is 34.0 Å². The van der Waals surface area contributed by atoms with Gasteiger partial charge in [-0.2, -0.15) is 0 Å². The molecule has 6 nitrogen and oxygen atoms in total. The van der Waals surface area contributed by atoms with Gasteiger partial charge in [-0.25, -0.2) is 4.98 Å². The van der Waals surface area contributed by atoms with E-state index in [9.17, 15) is 9.59 Å². The van der Waals surface area contributed by atoms with Crippen LogP contribution >= 0.6 is 0 Å². The first-order chi connectivity index (χ1) is 12.1. The van der Waals surface area contributed by atoms with Crippen LogP contribution in [0.5, 0.6) is 0 Å². The van der Waals surface area contributed by atoms with Crippen LogP contribution < -0.4 is 10.2 Å². The Hall–Kier alpha value is -2.63. The maximum Gasteiger partial charge on any atom is 0.240 e. The fraction of sp³-hybridized carbons (Fsp3) is 0.421. The van der Waals surface area contributed by atoms with Crippen LogP contribution in [0, 0.1) is 6.92 Å². The number of aromatic nitrogens is 2. The van der Waals surface area contributed by atoms with Crippen molar-refractivity contribution < 1.29 is 9.59 Å². The van der Waals surface area contributed by atoms with E-state index in [1.807, 2.05) is 37.4 Å². The van der Waals surface area contributed by atoms with Gasteiger partial charge in [0.05, 0.1) is 5.69 Å². The number of carbonyl (C=O) groups is 2. The van der Waals surface area contributed by atoms with Gasteiger partial charge in [0.1, 0.15) is 12.4 Å². The molecule has 1 aromatic heterocycles. The minimum atomic E-state index is -0.102. The van der Waals surface area contributed by atoms with Crippen LogP contribution in [0.15, 0.2) is 30.5 Å². The summed E-state index contributed by atoms with van der Waals surface area (Å²) in [5.41, 5.74) is 3.01. The van der Waals surface area contributed by atoms with E-state index in [1.165, 1.54) is 0 Å². The van der Waals surface area contributed by atoms with Gasteiger partial charge in [0.15, 0.2) is 0 Å². The van der Waals surface area contributed by atoms with Crippen molar-refractivity contribution in [2.75, 3.05) is 11.4 Å². The summed E-state index contributed by atoms with van der Waals surface area (Å²) in [7, 11) is 0. The molecule has 2 aliphatic heterocycles. The molecule has 4 rings (SSSR count). The van der Waals surface area contributed by atoms with Gasteiger partial charge in [-0.05, 0) is 31.4 Å². The minimum absolute atomic E-state index is 0.0185. The Labute approximate surface area is 146 Å². The van der Waals surface area contributed by atoms with Crippen molar-refractivity contribution in [3.63, 3.8) is 0 Å². The van der Waals surface area contributed by atoms with Gasteiger partial charge in [0.25, 0.3) is 0 Å². The summed E-state index contributed by atoms with van der Waals surface area (Å²) in [6, 6.07) is 7.91. The SMILES string of the molecule is Cc1cn2c(n1)CCC(NC(=O)CN1C(=O)CCc3ccccc31)C2. The normalized spacial score (nSPS) is 19.3. The van der Waals surface area contributed by atoms with E-state index in [0.29, 0.717) is 6.42 Å². The number of anilines is 1. The molecule has 1 unspecified atom stereocenters. The number of nitrogens with one attached hydrogen (secondary N) is 1. The van der Waals surface area contributed by atoms with E-state index in [0.717, 1.165) is 48.6 Å². The molecule has 1 N–H and O–H groups in total. The average molecular weight is 338 g/mol. The summed E-state index contributed by atoms with van der Waals surface area (Å²) in [5, 5.41) is 3.09. The summed E-state index contributed by atoms with van der Waals surface area (Å²) in [4.78, 5) is 30.9. The van der Waals surface area contributed by atoms with Gasteiger partial charge in [0.2, 0.25) is 11.8 Å². The zero-order chi connectivity index (χ0) is 17.4. The topological polar surface area (TPSA) is 67.2 Å². The number of imidazole rings is 1. The first kappa shape index (κ1) is 15.9. The predicted octanol–water partition coefficient (Wildman–Crippen LogP) is 1.60. The Bertz CT molecular complexity index is 827. The Morgan fingerprint density at radius 1 is 1.28 bits per heavy atom. The van der Waals surface area contributed by atoms with Crippen LogP contribution in [0.3, 0.4) is 0 Å². The number of nitrogens with zero attached hydrogens (tertiary/aromatic N) is 3. The number of carbonyl (C=O) groups excluding carboxylic acids is 2. The lowest BCUT2D eigenvalue weighted by Gasteiger charge is -2.30. The number of fused-ring (bicyclic) bond motifs is 2. The Morgan fingerprint density at radius 3 is 3.00 bits per heavy atom. The van der Waals surface area contributed by atoms with Gasteiger partial charge >= 0.3 is 0 Å². The van der Waals surface area contributed by atoms with Crippen LogP contribution in [-0.2, 0) is 29.0 Å². The number of para-hydroxylation sites is 1. The van der Waals surface area contributed by atoms with E-state index in [1.54, 1.807) is 4.90 Å². The largest absolute Gasteiger partial charge is 0.350 e. The fourth-order valence-corrected chi connectivity index (χ4v) is 3.79. The van der Waals surface area contributed by atoms with Crippen molar-refractivity contribution in [1.82, 2.24) is 14.9 Å². The second kappa shape index (κ2) is 6.35. The molecule has 0 fully saturated rings. The highest BCUT2D eigenvalue weighted by atomic mass is 16.2. The summed E-state index contributed by atoms with van der Waals surface area (Å²) in [6.45, 7) is 2.81. The van der Waals surface area contributed by atoms with Gasteiger partial charge in [-0.15, -0.1) is 0 Å². The molecule has 3 heterocycles. The van der Waals surface area contributed by atoms with Crippen molar-refractivity contribution in [2.24, 2.45) is 0 Å². The highest BCUT2D eigenvalue weighted by molar-refractivity contribution is 6.01. The lowest BCUT2D eigenvalue weighted by Crippen LogP contribution is -2.47. The Kier molecular flexibility index (Phi) is 4.03. The molecule has 2 amide bonds. The van der Waals surface area contributed by atoms with Gasteiger partial charge in [-0.1, -0.05) is 18.2 Å². The van der Waals surface area contributed by atoms with Crippen LogP contribution in [0.25, 0.3) is 0 Å². The highest BCUT2D eigenvalue weighted by Gasteiger charge is 2.27. The zero-order valence-corrected chi connectivity index (χ0v) is 14.4. The third kappa shape index (κ3) is 3.16. The molecule has 130 valence electrons. The maximum absolute atomic E-state index is 12.5. The molecule has 2 aliphatic rings. The van der Waals surface area contributed by atoms with Gasteiger partial charge in [-0.3, -0.25) is 9.59 Å². The third-order valence-electron chi connectivity index (χ3n) is 4.97. The predicted molar refractivity (Wildman–Crippen MR) is 94.3 cm³/mol. The molecule has 0 aliphatic carbocycles. The molecular weight excluding hydrogens is 316 g/mol. The Balaban J connectivity index is 1.42. The third-order valence-corrected chi connectivity index (χ3v) is 4.97. The van der Waals surface area contributed by atoms with Crippen molar-refractivity contribution in [1.29, 1.82) is 0 Å². The highest BCUT2D eigenvalue weighted by Crippen LogP contribution is 2.27. The summed E-state index contributed by atoms with van der Waals surface area (Å²) in [5.74, 6) is 1.00. The van der Waals surface area contributed by atoms with Gasteiger partial charge < -0.3 is 14.8 Å². The summed E-state index contributed by atoms with van der Waals surface area (Å²) in [6.07, 6.45) is 4.99. The zero-order valence-electron chi connectivity index (χ0n) is 14.4. The standard InChI is InChI=1S/C19H22N4O2/c1-13-10-22-11-15(7-8-17(22)20-13)21-18(24)12-23-16-5-3-2-4-14(16)6-9-19(23)25/h2-5,10,15H,6-9,11-12H2,1H3,(H,21,24). The first-order valence-electron chi connectivity index (χ1n) is 8.80. The molecule has 25 heavy (non-hydrogen) atoms. The van der Waals surface area contributed by atoms with Crippen molar-refractivity contribution in [3.8, 4) is 0 Å². The molecule has 1 aromatic carbocycles. The second-order valence-corrected chi connectivity index (χ2v) is 6.86. The smallest absolute Gasteiger partial charge is 0.240 e.